The largest absolute Gasteiger partial charge is 0.388 e. The molecule has 0 aromatic carbocycles. The molecular formula is C22H33N. The van der Waals surface area contributed by atoms with Gasteiger partial charge in [0.2, 0.25) is 0 Å². The van der Waals surface area contributed by atoms with Crippen molar-refractivity contribution in [2.45, 2.75) is 65.7 Å². The summed E-state index contributed by atoms with van der Waals surface area (Å²) >= 11 is 0. The predicted molar refractivity (Wildman–Crippen MR) is 98.0 cm³/mol. The number of allylic oxidation sites excluding steroid dienone is 4. The van der Waals surface area contributed by atoms with E-state index >= 15 is 0 Å². The van der Waals surface area contributed by atoms with E-state index in [1.165, 1.54) is 50.6 Å². The molecule has 0 aromatic rings. The molecule has 4 aliphatic rings. The third kappa shape index (κ3) is 2.71. The summed E-state index contributed by atoms with van der Waals surface area (Å²) in [7, 11) is 0. The van der Waals surface area contributed by atoms with Crippen molar-refractivity contribution in [2.24, 2.45) is 29.1 Å². The average Bonchev–Trinajstić information content (AvgIpc) is 3.38. The van der Waals surface area contributed by atoms with Crippen molar-refractivity contribution in [3.05, 3.63) is 35.1 Å². The Bertz CT molecular complexity index is 569. The Labute approximate surface area is 142 Å². The maximum Gasteiger partial charge on any atom is 0.0206 e. The van der Waals surface area contributed by atoms with Gasteiger partial charge in [-0.2, -0.15) is 0 Å². The molecule has 0 radical (unpaired) electrons. The van der Waals surface area contributed by atoms with Crippen LogP contribution < -0.4 is 5.32 Å². The second-order valence-electron chi connectivity index (χ2n) is 9.01. The molecule has 0 spiro atoms. The van der Waals surface area contributed by atoms with Gasteiger partial charge in [0.15, 0.2) is 0 Å². The van der Waals surface area contributed by atoms with Gasteiger partial charge in [-0.15, -0.1) is 0 Å². The molecule has 126 valence electrons. The summed E-state index contributed by atoms with van der Waals surface area (Å²) in [5, 5.41) is 3.64. The molecular weight excluding hydrogens is 278 g/mol. The molecule has 3 atom stereocenters. The molecule has 0 heterocycles. The van der Waals surface area contributed by atoms with Crippen LogP contribution in [0.25, 0.3) is 0 Å². The van der Waals surface area contributed by atoms with Crippen LogP contribution in [-0.2, 0) is 0 Å². The van der Waals surface area contributed by atoms with Gasteiger partial charge in [0, 0.05) is 24.1 Å². The van der Waals surface area contributed by atoms with Crippen LogP contribution in [0.5, 0.6) is 0 Å². The highest BCUT2D eigenvalue weighted by Gasteiger charge is 2.53. The van der Waals surface area contributed by atoms with E-state index in [2.05, 4.69) is 38.7 Å². The molecule has 4 aliphatic carbocycles. The van der Waals surface area contributed by atoms with E-state index in [0.717, 1.165) is 24.3 Å². The maximum atomic E-state index is 4.33. The third-order valence-corrected chi connectivity index (χ3v) is 7.44. The molecule has 0 aromatic heterocycles. The summed E-state index contributed by atoms with van der Waals surface area (Å²) in [5.41, 5.74) is 6.81. The summed E-state index contributed by atoms with van der Waals surface area (Å²) < 4.78 is 0. The van der Waals surface area contributed by atoms with E-state index in [9.17, 15) is 0 Å². The van der Waals surface area contributed by atoms with Gasteiger partial charge < -0.3 is 5.32 Å². The standard InChI is InChI=1S/C22H33N/c1-14(22(4)10-5-6-11-22)9-12-23-16(3)15(2)18-13-19-20(21(18)19)17-7-8-17/h13-15,17,20,23H,3,5-12H2,1-2,4H3. The van der Waals surface area contributed by atoms with Crippen LogP contribution in [0.1, 0.15) is 65.7 Å². The fourth-order valence-electron chi connectivity index (χ4n) is 5.03. The number of fused-ring (bicyclic) bond motifs is 1. The number of rotatable bonds is 8. The average molecular weight is 312 g/mol. The minimum absolute atomic E-state index is 0.495. The monoisotopic (exact) mass is 311 g/mol. The van der Waals surface area contributed by atoms with Gasteiger partial charge >= 0.3 is 0 Å². The second-order valence-corrected chi connectivity index (χ2v) is 9.01. The third-order valence-electron chi connectivity index (χ3n) is 7.44. The Kier molecular flexibility index (Phi) is 3.74. The van der Waals surface area contributed by atoms with Crippen LogP contribution in [0, 0.1) is 29.1 Å². The summed E-state index contributed by atoms with van der Waals surface area (Å²) in [5.74, 6) is 3.20. The van der Waals surface area contributed by atoms with Gasteiger partial charge in [0.05, 0.1) is 0 Å². The van der Waals surface area contributed by atoms with Crippen LogP contribution >= 0.6 is 0 Å². The van der Waals surface area contributed by atoms with Gasteiger partial charge in [-0.05, 0) is 66.1 Å². The molecule has 0 bridgehead atoms. The fraction of sp³-hybridized carbons (Fsp3) is 0.727. The highest BCUT2D eigenvalue weighted by Crippen LogP contribution is 2.65. The van der Waals surface area contributed by atoms with E-state index in [4.69, 9.17) is 0 Å². The Hall–Kier alpha value is -0.980. The minimum Gasteiger partial charge on any atom is -0.388 e. The Morgan fingerprint density at radius 3 is 2.65 bits per heavy atom. The number of hydrogen-bond acceptors (Lipinski definition) is 1. The van der Waals surface area contributed by atoms with Crippen molar-refractivity contribution < 1.29 is 0 Å². The molecule has 1 nitrogen and oxygen atoms in total. The SMILES string of the molecule is C=C(NCCC(C)C1(C)CCCC1)C(C)C1=C2C(=C1)C2C1CC1. The lowest BCUT2D eigenvalue weighted by molar-refractivity contribution is 0.198. The van der Waals surface area contributed by atoms with Gasteiger partial charge in [-0.3, -0.25) is 0 Å². The van der Waals surface area contributed by atoms with E-state index in [0.29, 0.717) is 11.3 Å². The quantitative estimate of drug-likeness (QED) is 0.614. The number of nitrogens with one attached hydrogen (secondary N) is 1. The van der Waals surface area contributed by atoms with Crippen LogP contribution in [0.4, 0.5) is 0 Å². The van der Waals surface area contributed by atoms with E-state index in [1.807, 2.05) is 0 Å². The topological polar surface area (TPSA) is 12.0 Å². The highest BCUT2D eigenvalue weighted by molar-refractivity contribution is 5.72. The fourth-order valence-corrected chi connectivity index (χ4v) is 5.03. The van der Waals surface area contributed by atoms with Crippen molar-refractivity contribution in [1.82, 2.24) is 5.32 Å². The Morgan fingerprint density at radius 2 is 2.00 bits per heavy atom. The highest BCUT2D eigenvalue weighted by atomic mass is 14.9. The van der Waals surface area contributed by atoms with Crippen molar-refractivity contribution in [2.75, 3.05) is 6.54 Å². The zero-order chi connectivity index (χ0) is 16.2. The van der Waals surface area contributed by atoms with Crippen molar-refractivity contribution in [3.8, 4) is 0 Å². The zero-order valence-corrected chi connectivity index (χ0v) is 15.3. The summed E-state index contributed by atoms with van der Waals surface area (Å²) in [6, 6.07) is 0. The lowest BCUT2D eigenvalue weighted by atomic mass is 9.75. The minimum atomic E-state index is 0.495. The van der Waals surface area contributed by atoms with Crippen molar-refractivity contribution in [1.29, 1.82) is 0 Å². The van der Waals surface area contributed by atoms with Crippen LogP contribution in [0.15, 0.2) is 35.1 Å². The molecule has 3 saturated carbocycles. The molecule has 3 fully saturated rings. The van der Waals surface area contributed by atoms with Gasteiger partial charge in [0.1, 0.15) is 0 Å². The van der Waals surface area contributed by atoms with Gasteiger partial charge in [0.25, 0.3) is 0 Å². The first-order valence-corrected chi connectivity index (χ1v) is 9.90. The first-order valence-electron chi connectivity index (χ1n) is 9.90. The zero-order valence-electron chi connectivity index (χ0n) is 15.3. The first-order chi connectivity index (χ1) is 11.0. The lowest BCUT2D eigenvalue weighted by Gasteiger charge is -2.32. The molecule has 1 heteroatoms. The molecule has 4 rings (SSSR count). The van der Waals surface area contributed by atoms with Gasteiger partial charge in [-0.25, -0.2) is 0 Å². The normalized spacial score (nSPS) is 30.2. The molecule has 23 heavy (non-hydrogen) atoms. The molecule has 0 amide bonds. The summed E-state index contributed by atoms with van der Waals surface area (Å²) in [6.45, 7) is 12.7. The van der Waals surface area contributed by atoms with Crippen molar-refractivity contribution >= 4 is 0 Å². The summed E-state index contributed by atoms with van der Waals surface area (Å²) in [6.07, 6.45) is 12.4. The van der Waals surface area contributed by atoms with E-state index < -0.39 is 0 Å². The van der Waals surface area contributed by atoms with Gasteiger partial charge in [-0.1, -0.05) is 46.3 Å². The maximum absolute atomic E-state index is 4.33. The van der Waals surface area contributed by atoms with E-state index in [-0.39, 0.29) is 0 Å². The molecule has 1 N–H and O–H groups in total. The smallest absolute Gasteiger partial charge is 0.0206 e. The van der Waals surface area contributed by atoms with Crippen molar-refractivity contribution in [3.63, 3.8) is 0 Å². The molecule has 0 aliphatic heterocycles. The summed E-state index contributed by atoms with van der Waals surface area (Å²) in [4.78, 5) is 0. The van der Waals surface area contributed by atoms with E-state index in [1.54, 1.807) is 16.7 Å². The Morgan fingerprint density at radius 1 is 1.30 bits per heavy atom. The predicted octanol–water partition coefficient (Wildman–Crippen LogP) is 5.61. The number of hydrogen-bond donors (Lipinski definition) is 1. The lowest BCUT2D eigenvalue weighted by Crippen LogP contribution is -2.27. The first kappa shape index (κ1) is 15.5. The molecule has 0 saturated heterocycles. The van der Waals surface area contributed by atoms with Crippen LogP contribution in [0.3, 0.4) is 0 Å². The molecule has 3 unspecified atom stereocenters. The van der Waals surface area contributed by atoms with Crippen LogP contribution in [0.2, 0.25) is 0 Å². The Balaban J connectivity index is 1.23. The second kappa shape index (κ2) is 5.53. The van der Waals surface area contributed by atoms with Crippen LogP contribution in [-0.4, -0.2) is 6.54 Å².